The Morgan fingerprint density at radius 2 is 2.00 bits per heavy atom. The van der Waals surface area contributed by atoms with Crippen molar-refractivity contribution < 1.29 is 14.3 Å². The van der Waals surface area contributed by atoms with Gasteiger partial charge in [-0.25, -0.2) is 4.39 Å². The number of nitrogens with zero attached hydrogens (tertiary/aromatic N) is 1. The lowest BCUT2D eigenvalue weighted by molar-refractivity contribution is -0.121. The summed E-state index contributed by atoms with van der Waals surface area (Å²) in [6, 6.07) is 11.3. The van der Waals surface area contributed by atoms with E-state index in [0.717, 1.165) is 19.4 Å². The maximum Gasteiger partial charge on any atom is 0.242 e. The molecule has 1 aliphatic carbocycles. The van der Waals surface area contributed by atoms with Gasteiger partial charge in [0.05, 0.1) is 11.1 Å². The van der Waals surface area contributed by atoms with Gasteiger partial charge >= 0.3 is 0 Å². The number of rotatable bonds is 7. The van der Waals surface area contributed by atoms with Crippen LogP contribution in [0.2, 0.25) is 10.0 Å². The summed E-state index contributed by atoms with van der Waals surface area (Å²) < 4.78 is 14.9. The Balaban J connectivity index is 1.68. The minimum atomic E-state index is -0.578. The van der Waals surface area contributed by atoms with Crippen molar-refractivity contribution in [2.45, 2.75) is 37.2 Å². The summed E-state index contributed by atoms with van der Waals surface area (Å²) in [6.45, 7) is 0.646. The number of hydrogen-bond acceptors (Lipinski definition) is 3. The molecule has 8 heteroatoms. The van der Waals surface area contributed by atoms with Gasteiger partial charge in [-0.15, -0.1) is 0 Å². The first kappa shape index (κ1) is 21.6. The second-order valence-corrected chi connectivity index (χ2v) is 8.90. The van der Waals surface area contributed by atoms with Crippen LogP contribution in [0.5, 0.6) is 0 Å². The summed E-state index contributed by atoms with van der Waals surface area (Å²) in [7, 11) is 1.80. The Labute approximate surface area is 186 Å². The van der Waals surface area contributed by atoms with Crippen molar-refractivity contribution in [3.8, 4) is 0 Å². The summed E-state index contributed by atoms with van der Waals surface area (Å²) >= 11 is 12.1. The van der Waals surface area contributed by atoms with Gasteiger partial charge in [0.15, 0.2) is 7.28 Å². The van der Waals surface area contributed by atoms with Crippen molar-refractivity contribution in [1.29, 1.82) is 0 Å². The van der Waals surface area contributed by atoms with E-state index in [9.17, 15) is 14.3 Å². The molecule has 1 saturated carbocycles. The number of nitrogens with one attached hydrogen (secondary N) is 1. The summed E-state index contributed by atoms with van der Waals surface area (Å²) in [5, 5.41) is 13.1. The molecule has 30 heavy (non-hydrogen) atoms. The van der Waals surface area contributed by atoms with Gasteiger partial charge in [0.1, 0.15) is 5.82 Å². The number of aliphatic hydroxyl groups excluding tert-OH is 1. The summed E-state index contributed by atoms with van der Waals surface area (Å²) in [5.74, 6) is -0.663. The molecule has 3 atom stereocenters. The first-order valence-corrected chi connectivity index (χ1v) is 10.9. The largest absolute Gasteiger partial charge is 0.405 e. The number of likely N-dealkylation sites (tertiary alicyclic amines) is 1. The van der Waals surface area contributed by atoms with Gasteiger partial charge in [0.25, 0.3) is 0 Å². The zero-order valence-electron chi connectivity index (χ0n) is 16.4. The fourth-order valence-corrected chi connectivity index (χ4v) is 4.75. The summed E-state index contributed by atoms with van der Waals surface area (Å²) in [4.78, 5) is 15.6. The molecule has 1 aliphatic heterocycles. The number of anilines is 1. The van der Waals surface area contributed by atoms with Gasteiger partial charge in [-0.3, -0.25) is 9.69 Å². The van der Waals surface area contributed by atoms with Gasteiger partial charge < -0.3 is 10.4 Å². The monoisotopic (exact) mass is 447 g/mol. The molecule has 1 heterocycles. The number of benzene rings is 2. The van der Waals surface area contributed by atoms with Crippen LogP contribution < -0.4 is 5.32 Å². The molecule has 1 radical (unpaired) electrons. The molecule has 4 nitrogen and oxygen atoms in total. The Bertz CT molecular complexity index is 928. The minimum Gasteiger partial charge on any atom is -0.405 e. The fourth-order valence-electron chi connectivity index (χ4n) is 4.38. The third kappa shape index (κ3) is 4.67. The van der Waals surface area contributed by atoms with E-state index in [2.05, 4.69) is 10.2 Å². The van der Waals surface area contributed by atoms with Crippen molar-refractivity contribution in [3.05, 3.63) is 63.9 Å². The highest BCUT2D eigenvalue weighted by molar-refractivity contribution is 6.37. The van der Waals surface area contributed by atoms with Gasteiger partial charge in [-0.1, -0.05) is 41.4 Å². The second kappa shape index (κ2) is 9.27. The fraction of sp³-hybridized carbons (Fsp3) is 0.409. The lowest BCUT2D eigenvalue weighted by Gasteiger charge is -2.31. The van der Waals surface area contributed by atoms with Crippen molar-refractivity contribution in [1.82, 2.24) is 4.90 Å². The minimum absolute atomic E-state index is 0.0461. The Kier molecular flexibility index (Phi) is 6.68. The molecule has 0 aromatic heterocycles. The lowest BCUT2D eigenvalue weighted by Crippen LogP contribution is -2.48. The number of amides is 1. The van der Waals surface area contributed by atoms with Gasteiger partial charge in [0, 0.05) is 29.7 Å². The van der Waals surface area contributed by atoms with Crippen molar-refractivity contribution in [2.24, 2.45) is 5.92 Å². The molecule has 2 fully saturated rings. The molecule has 1 amide bonds. The Hall–Kier alpha value is -1.60. The lowest BCUT2D eigenvalue weighted by atomic mass is 9.68. The van der Waals surface area contributed by atoms with Crippen molar-refractivity contribution in [2.75, 3.05) is 18.4 Å². The first-order chi connectivity index (χ1) is 14.5. The topological polar surface area (TPSA) is 52.6 Å². The highest BCUT2D eigenvalue weighted by Gasteiger charge is 2.47. The second-order valence-electron chi connectivity index (χ2n) is 8.06. The Morgan fingerprint density at radius 3 is 2.70 bits per heavy atom. The average molecular weight is 448 g/mol. The average Bonchev–Trinajstić information content (AvgIpc) is 3.45. The maximum absolute atomic E-state index is 14.9. The molecule has 2 N–H and O–H groups in total. The summed E-state index contributed by atoms with van der Waals surface area (Å²) in [6.07, 6.45) is 2.79. The molecular weight excluding hydrogens is 425 g/mol. The van der Waals surface area contributed by atoms with Crippen LogP contribution in [0, 0.1) is 11.7 Å². The molecule has 3 unspecified atom stereocenters. The molecule has 2 aliphatic rings. The smallest absolute Gasteiger partial charge is 0.242 e. The van der Waals surface area contributed by atoms with Crippen LogP contribution in [0.15, 0.2) is 42.5 Å². The quantitative estimate of drug-likeness (QED) is 0.621. The van der Waals surface area contributed by atoms with Crippen LogP contribution >= 0.6 is 23.2 Å². The molecule has 0 bridgehead atoms. The molecule has 2 aromatic carbocycles. The van der Waals surface area contributed by atoms with Crippen LogP contribution in [-0.4, -0.2) is 48.2 Å². The third-order valence-corrected chi connectivity index (χ3v) is 6.47. The zero-order chi connectivity index (χ0) is 21.3. The number of carbonyl (C=O) groups is 1. The molecular formula is C22H23BCl2FN2O2. The standard InChI is InChI=1S/C22H23BCl2FN2O2/c24-14-3-1-4-15(9-14)27-22(30)21-17(16-5-2-6-18(25)20(16)26)10-19(23-12-29)28(21)11-13-7-8-13/h1-6,9,13,17,19,21,29H,7-8,10-12H2,(H,27,30). The van der Waals surface area contributed by atoms with Crippen LogP contribution in [0.1, 0.15) is 30.7 Å². The van der Waals surface area contributed by atoms with Crippen LogP contribution in [0.25, 0.3) is 0 Å². The number of aliphatic hydroxyl groups is 1. The Morgan fingerprint density at radius 1 is 1.23 bits per heavy atom. The number of carbonyl (C=O) groups excluding carboxylic acids is 1. The SMILES string of the molecule is O=C(Nc1cccc(Cl)c1)C1C(c2cccc(Cl)c2F)CC([B]CO)N1CC1CC1. The van der Waals surface area contributed by atoms with Crippen LogP contribution in [0.4, 0.5) is 10.1 Å². The van der Waals surface area contributed by atoms with Crippen LogP contribution in [0.3, 0.4) is 0 Å². The van der Waals surface area contributed by atoms with Crippen LogP contribution in [-0.2, 0) is 4.79 Å². The van der Waals surface area contributed by atoms with E-state index in [1.54, 1.807) is 43.7 Å². The van der Waals surface area contributed by atoms with Crippen molar-refractivity contribution >= 4 is 42.1 Å². The highest BCUT2D eigenvalue weighted by Crippen LogP contribution is 2.42. The molecule has 4 rings (SSSR count). The van der Waals surface area contributed by atoms with E-state index in [1.165, 1.54) is 6.07 Å². The van der Waals surface area contributed by atoms with Gasteiger partial charge in [-0.2, -0.15) is 0 Å². The van der Waals surface area contributed by atoms with Crippen molar-refractivity contribution in [3.63, 3.8) is 0 Å². The predicted molar refractivity (Wildman–Crippen MR) is 119 cm³/mol. The molecule has 157 valence electrons. The molecule has 0 spiro atoms. The van der Waals surface area contributed by atoms with E-state index >= 15 is 0 Å². The first-order valence-electron chi connectivity index (χ1n) is 10.2. The third-order valence-electron chi connectivity index (χ3n) is 5.94. The predicted octanol–water partition coefficient (Wildman–Crippen LogP) is 4.32. The van der Waals surface area contributed by atoms with Gasteiger partial charge in [0.2, 0.25) is 5.91 Å². The van der Waals surface area contributed by atoms with E-state index in [-0.39, 0.29) is 29.3 Å². The molecule has 1 saturated heterocycles. The zero-order valence-corrected chi connectivity index (χ0v) is 17.9. The van der Waals surface area contributed by atoms with E-state index in [0.29, 0.717) is 28.6 Å². The van der Waals surface area contributed by atoms with E-state index in [1.807, 2.05) is 0 Å². The van der Waals surface area contributed by atoms with E-state index < -0.39 is 11.9 Å². The maximum atomic E-state index is 14.9. The highest BCUT2D eigenvalue weighted by atomic mass is 35.5. The molecule has 2 aromatic rings. The number of halogens is 3. The summed E-state index contributed by atoms with van der Waals surface area (Å²) in [5.41, 5.74) is 1.03. The van der Waals surface area contributed by atoms with E-state index in [4.69, 9.17) is 23.2 Å². The normalized spacial score (nSPS) is 24.1. The van der Waals surface area contributed by atoms with Gasteiger partial charge in [-0.05, 0) is 61.0 Å². The number of hydrogen-bond donors (Lipinski definition) is 2.